The molecule has 0 amide bonds. The molecule has 0 aliphatic carbocycles. The molecule has 6 rings (SSSR count). The number of ether oxygens (including phenoxy) is 1. The van der Waals surface area contributed by atoms with Crippen LogP contribution in [0.5, 0.6) is 5.75 Å². The van der Waals surface area contributed by atoms with E-state index in [2.05, 4.69) is 23.6 Å². The van der Waals surface area contributed by atoms with Crippen LogP contribution in [0.15, 0.2) is 90.1 Å². The van der Waals surface area contributed by atoms with Crippen molar-refractivity contribution < 1.29 is 49.9 Å². The van der Waals surface area contributed by atoms with E-state index in [-0.39, 0.29) is 17.1 Å². The highest BCUT2D eigenvalue weighted by atomic mass is 19.3. The van der Waals surface area contributed by atoms with Gasteiger partial charge in [-0.2, -0.15) is 17.6 Å². The number of alkyl halides is 7. The SMILES string of the molecule is CCCCC(CC)Cn1c2ccc(/C(=N/OC(C)=O)c3ccccc3OCC(F)(F)C(F)C(F)(F)C(F)F)cc2c2cc(C(=O)c3c(C)cc(C)cc3C)c3ccccc3c21. The zero-order valence-electron chi connectivity index (χ0n) is 34.7. The van der Waals surface area contributed by atoms with Crippen LogP contribution in [0.4, 0.5) is 30.7 Å². The number of carbonyl (C=O) groups is 2. The quantitative estimate of drug-likeness (QED) is 0.0301. The molecule has 0 aliphatic rings. The molecule has 2 unspecified atom stereocenters. The van der Waals surface area contributed by atoms with Crippen LogP contribution >= 0.6 is 0 Å². The van der Waals surface area contributed by atoms with Crippen molar-refractivity contribution in [1.82, 2.24) is 4.57 Å². The Hall–Kier alpha value is -5.72. The first-order valence-electron chi connectivity index (χ1n) is 20.2. The number of unbranched alkanes of at least 4 members (excludes halogenated alkanes) is 1. The highest BCUT2D eigenvalue weighted by Gasteiger charge is 2.61. The normalized spacial score (nSPS) is 13.6. The van der Waals surface area contributed by atoms with Gasteiger partial charge >= 0.3 is 24.2 Å². The maximum atomic E-state index is 14.7. The largest absolute Gasteiger partial charge is 0.486 e. The van der Waals surface area contributed by atoms with Gasteiger partial charge in [-0.25, -0.2) is 18.0 Å². The van der Waals surface area contributed by atoms with Gasteiger partial charge in [0.15, 0.2) is 12.4 Å². The van der Waals surface area contributed by atoms with Gasteiger partial charge in [-0.05, 0) is 80.0 Å². The third-order valence-corrected chi connectivity index (χ3v) is 11.1. The lowest BCUT2D eigenvalue weighted by Crippen LogP contribution is -2.51. The molecule has 322 valence electrons. The summed E-state index contributed by atoms with van der Waals surface area (Å²) in [6.45, 7) is 9.81. The Morgan fingerprint density at radius 3 is 2.08 bits per heavy atom. The van der Waals surface area contributed by atoms with Crippen molar-refractivity contribution in [2.75, 3.05) is 6.61 Å². The number of ketones is 1. The highest BCUT2D eigenvalue weighted by molar-refractivity contribution is 6.27. The molecule has 0 spiro atoms. The molecule has 2 atom stereocenters. The van der Waals surface area contributed by atoms with Crippen LogP contribution < -0.4 is 4.74 Å². The van der Waals surface area contributed by atoms with Crippen molar-refractivity contribution in [3.63, 3.8) is 0 Å². The summed E-state index contributed by atoms with van der Waals surface area (Å²) in [5, 5.41) is 7.10. The number of rotatable bonds is 17. The van der Waals surface area contributed by atoms with E-state index >= 15 is 0 Å². The Kier molecular flexibility index (Phi) is 13.3. The Morgan fingerprint density at radius 1 is 0.787 bits per heavy atom. The van der Waals surface area contributed by atoms with Crippen molar-refractivity contribution in [2.24, 2.45) is 11.1 Å². The van der Waals surface area contributed by atoms with Crippen molar-refractivity contribution in [2.45, 2.75) is 98.2 Å². The zero-order chi connectivity index (χ0) is 44.4. The predicted molar refractivity (Wildman–Crippen MR) is 224 cm³/mol. The number of carbonyl (C=O) groups excluding carboxylic acids is 2. The molecule has 0 radical (unpaired) electrons. The first-order chi connectivity index (χ1) is 28.9. The minimum Gasteiger partial charge on any atom is -0.486 e. The molecule has 61 heavy (non-hydrogen) atoms. The fourth-order valence-electron chi connectivity index (χ4n) is 8.13. The van der Waals surface area contributed by atoms with Crippen molar-refractivity contribution in [3.8, 4) is 5.75 Å². The standard InChI is InChI=1S/C48H47F7N2O4/c1-7-9-14-31(8-2)25-57-39-20-19-32(42(56-61-30(6)58)35-17-12-13-18-40(35)60-26-47(52,53)45(49)48(54,55)46(50)51)23-36(39)37-24-38(33-15-10-11-16-34(33)43(37)57)44(59)41-28(4)21-27(3)22-29(41)5/h10-13,15-24,31,45-46H,7-9,14,25-26H2,1-6H3/b56-42-. The maximum Gasteiger partial charge on any atom is 0.343 e. The van der Waals surface area contributed by atoms with Gasteiger partial charge in [0.1, 0.15) is 11.5 Å². The number of aromatic nitrogens is 1. The van der Waals surface area contributed by atoms with Gasteiger partial charge in [0.05, 0.1) is 5.52 Å². The molecule has 0 fully saturated rings. The van der Waals surface area contributed by atoms with Gasteiger partial charge in [0.25, 0.3) is 0 Å². The molecule has 0 aliphatic heterocycles. The first-order valence-corrected chi connectivity index (χ1v) is 20.2. The molecule has 0 bridgehead atoms. The third-order valence-electron chi connectivity index (χ3n) is 11.1. The number of benzene rings is 5. The van der Waals surface area contributed by atoms with Crippen LogP contribution in [0.1, 0.15) is 90.2 Å². The van der Waals surface area contributed by atoms with Gasteiger partial charge in [-0.1, -0.05) is 98.4 Å². The van der Waals surface area contributed by atoms with Crippen LogP contribution in [0.25, 0.3) is 32.6 Å². The van der Waals surface area contributed by atoms with E-state index in [1.807, 2.05) is 69.3 Å². The molecular formula is C48H47F7N2O4. The highest BCUT2D eigenvalue weighted by Crippen LogP contribution is 2.41. The second kappa shape index (κ2) is 18.1. The number of halogens is 7. The minimum atomic E-state index is -5.65. The lowest BCUT2D eigenvalue weighted by atomic mass is 9.89. The van der Waals surface area contributed by atoms with Crippen molar-refractivity contribution in [1.29, 1.82) is 0 Å². The zero-order valence-corrected chi connectivity index (χ0v) is 34.7. The minimum absolute atomic E-state index is 0.0593. The molecule has 5 aromatic carbocycles. The summed E-state index contributed by atoms with van der Waals surface area (Å²) in [5.41, 5.74) is 5.63. The summed E-state index contributed by atoms with van der Waals surface area (Å²) >= 11 is 0. The third kappa shape index (κ3) is 9.02. The molecule has 1 heterocycles. The molecular weight excluding hydrogens is 802 g/mol. The fraction of sp³-hybridized carbons (Fsp3) is 0.354. The van der Waals surface area contributed by atoms with Crippen LogP contribution in [-0.4, -0.2) is 53.1 Å². The van der Waals surface area contributed by atoms with Crippen LogP contribution in [-0.2, 0) is 16.2 Å². The molecule has 1 aromatic heterocycles. The Bertz CT molecular complexity index is 2610. The number of hydrogen-bond donors (Lipinski definition) is 0. The summed E-state index contributed by atoms with van der Waals surface area (Å²) in [7, 11) is 0. The monoisotopic (exact) mass is 848 g/mol. The number of aryl methyl sites for hydroxylation is 3. The number of para-hydroxylation sites is 1. The van der Waals surface area contributed by atoms with E-state index in [1.165, 1.54) is 24.3 Å². The molecule has 0 saturated heterocycles. The topological polar surface area (TPSA) is 69.9 Å². The number of nitrogens with zero attached hydrogens (tertiary/aromatic N) is 2. The van der Waals surface area contributed by atoms with E-state index in [4.69, 9.17) is 9.57 Å². The van der Waals surface area contributed by atoms with Gasteiger partial charge in [0, 0.05) is 57.4 Å². The smallest absolute Gasteiger partial charge is 0.343 e. The number of oxime groups is 1. The molecule has 6 aromatic rings. The van der Waals surface area contributed by atoms with E-state index in [0.29, 0.717) is 34.5 Å². The number of fused-ring (bicyclic) bond motifs is 5. The lowest BCUT2D eigenvalue weighted by Gasteiger charge is -2.27. The predicted octanol–water partition coefficient (Wildman–Crippen LogP) is 12.9. The van der Waals surface area contributed by atoms with Crippen LogP contribution in [0.3, 0.4) is 0 Å². The first kappa shape index (κ1) is 44.8. The van der Waals surface area contributed by atoms with E-state index in [9.17, 15) is 40.3 Å². The van der Waals surface area contributed by atoms with Gasteiger partial charge in [-0.15, -0.1) is 0 Å². The molecule has 0 saturated carbocycles. The van der Waals surface area contributed by atoms with Crippen molar-refractivity contribution in [3.05, 3.63) is 124 Å². The van der Waals surface area contributed by atoms with E-state index in [1.54, 1.807) is 12.1 Å². The van der Waals surface area contributed by atoms with E-state index < -0.39 is 42.8 Å². The second-order valence-electron chi connectivity index (χ2n) is 15.6. The van der Waals surface area contributed by atoms with Gasteiger partial charge in [0.2, 0.25) is 6.17 Å². The maximum absolute atomic E-state index is 14.7. The van der Waals surface area contributed by atoms with Gasteiger partial charge in [-0.3, -0.25) is 4.79 Å². The summed E-state index contributed by atoms with van der Waals surface area (Å²) in [5.74, 6) is -11.8. The van der Waals surface area contributed by atoms with E-state index in [0.717, 1.165) is 76.5 Å². The second-order valence-corrected chi connectivity index (χ2v) is 15.6. The van der Waals surface area contributed by atoms with Crippen LogP contribution in [0.2, 0.25) is 0 Å². The van der Waals surface area contributed by atoms with Gasteiger partial charge < -0.3 is 14.1 Å². The molecule has 13 heteroatoms. The Labute approximate surface area is 349 Å². The fourth-order valence-corrected chi connectivity index (χ4v) is 8.13. The summed E-state index contributed by atoms with van der Waals surface area (Å²) < 4.78 is 104. The summed E-state index contributed by atoms with van der Waals surface area (Å²) in [6, 6.07) is 24.3. The summed E-state index contributed by atoms with van der Waals surface area (Å²) in [6.07, 6.45) is -5.26. The molecule has 6 nitrogen and oxygen atoms in total. The van der Waals surface area contributed by atoms with Crippen LogP contribution in [0, 0.1) is 26.7 Å². The van der Waals surface area contributed by atoms with Crippen molar-refractivity contribution >= 4 is 50.0 Å². The summed E-state index contributed by atoms with van der Waals surface area (Å²) in [4.78, 5) is 31.9. The average Bonchev–Trinajstić information content (AvgIpc) is 3.53. The average molecular weight is 849 g/mol. The lowest BCUT2D eigenvalue weighted by molar-refractivity contribution is -0.237. The molecule has 0 N–H and O–H groups in total. The Morgan fingerprint density at radius 2 is 1.44 bits per heavy atom. The number of hydrogen-bond acceptors (Lipinski definition) is 5. The Balaban J connectivity index is 1.58.